The summed E-state index contributed by atoms with van der Waals surface area (Å²) in [5, 5.41) is 3.73. The molecule has 1 saturated heterocycles. The largest absolute Gasteiger partial charge is 0.468 e. The second kappa shape index (κ2) is 7.97. The summed E-state index contributed by atoms with van der Waals surface area (Å²) in [5.74, 6) is 0.942. The van der Waals surface area contributed by atoms with E-state index in [4.69, 9.17) is 9.72 Å². The van der Waals surface area contributed by atoms with Crippen LogP contribution in [0.3, 0.4) is 0 Å². The summed E-state index contributed by atoms with van der Waals surface area (Å²) in [5.41, 5.74) is 2.25. The van der Waals surface area contributed by atoms with Crippen LogP contribution in [0.15, 0.2) is 24.3 Å². The number of aromatic nitrogens is 2. The van der Waals surface area contributed by atoms with Gasteiger partial charge in [-0.05, 0) is 38.8 Å². The van der Waals surface area contributed by atoms with Crippen LogP contribution in [-0.4, -0.2) is 53.2 Å². The summed E-state index contributed by atoms with van der Waals surface area (Å²) >= 11 is 0. The number of benzene rings is 1. The fraction of sp³-hybridized carbons (Fsp3) is 0.579. The monoisotopic (exact) mass is 344 g/mol. The molecule has 25 heavy (non-hydrogen) atoms. The van der Waals surface area contributed by atoms with E-state index in [9.17, 15) is 4.79 Å². The number of aryl methyl sites for hydroxylation is 1. The van der Waals surface area contributed by atoms with Crippen LogP contribution in [0.5, 0.6) is 0 Å². The Balaban J connectivity index is 1.62. The average molecular weight is 344 g/mol. The topological polar surface area (TPSA) is 59.4 Å². The van der Waals surface area contributed by atoms with Crippen LogP contribution in [0.2, 0.25) is 0 Å². The van der Waals surface area contributed by atoms with E-state index in [1.165, 1.54) is 12.6 Å². The van der Waals surface area contributed by atoms with Crippen molar-refractivity contribution in [2.75, 3.05) is 26.7 Å². The van der Waals surface area contributed by atoms with Gasteiger partial charge in [0.1, 0.15) is 5.82 Å². The molecule has 3 rings (SSSR count). The Bertz CT molecular complexity index is 719. The van der Waals surface area contributed by atoms with Gasteiger partial charge in [-0.25, -0.2) is 4.98 Å². The van der Waals surface area contributed by atoms with Crippen molar-refractivity contribution < 1.29 is 9.53 Å². The van der Waals surface area contributed by atoms with Crippen molar-refractivity contribution in [1.29, 1.82) is 0 Å². The Morgan fingerprint density at radius 1 is 1.36 bits per heavy atom. The van der Waals surface area contributed by atoms with Gasteiger partial charge in [-0.3, -0.25) is 9.69 Å². The number of hydrogen-bond donors (Lipinski definition) is 1. The van der Waals surface area contributed by atoms with E-state index in [1.54, 1.807) is 0 Å². The molecular weight excluding hydrogens is 316 g/mol. The van der Waals surface area contributed by atoms with Crippen molar-refractivity contribution in [3.05, 3.63) is 30.1 Å². The quantitative estimate of drug-likeness (QED) is 0.815. The highest BCUT2D eigenvalue weighted by Crippen LogP contribution is 2.22. The molecule has 1 aromatic carbocycles. The minimum atomic E-state index is -0.156. The summed E-state index contributed by atoms with van der Waals surface area (Å²) in [6.45, 7) is 7.50. The van der Waals surface area contributed by atoms with Gasteiger partial charge in [0.25, 0.3) is 0 Å². The van der Waals surface area contributed by atoms with Crippen molar-refractivity contribution in [3.63, 3.8) is 0 Å². The lowest BCUT2D eigenvalue weighted by molar-refractivity contribution is -0.142. The first kappa shape index (κ1) is 17.9. The lowest BCUT2D eigenvalue weighted by Gasteiger charge is -2.33. The van der Waals surface area contributed by atoms with Crippen LogP contribution in [0.4, 0.5) is 0 Å². The van der Waals surface area contributed by atoms with Gasteiger partial charge in [0.05, 0.1) is 30.7 Å². The third kappa shape index (κ3) is 4.02. The maximum atomic E-state index is 11.4. The van der Waals surface area contributed by atoms with Crippen LogP contribution in [-0.2, 0) is 16.1 Å². The van der Waals surface area contributed by atoms with Crippen molar-refractivity contribution in [3.8, 4) is 0 Å². The van der Waals surface area contributed by atoms with Gasteiger partial charge in [0.2, 0.25) is 0 Å². The molecule has 1 aliphatic heterocycles. The Hall–Kier alpha value is -1.92. The number of nitrogens with one attached hydrogen (secondary N) is 1. The number of hydrogen-bond acceptors (Lipinski definition) is 5. The molecule has 2 aromatic rings. The van der Waals surface area contributed by atoms with Crippen LogP contribution < -0.4 is 5.32 Å². The van der Waals surface area contributed by atoms with E-state index >= 15 is 0 Å². The molecule has 1 unspecified atom stereocenters. The van der Waals surface area contributed by atoms with Crippen LogP contribution in [0.1, 0.15) is 38.6 Å². The Labute approximate surface area is 149 Å². The molecule has 1 aromatic heterocycles. The first-order chi connectivity index (χ1) is 12.1. The van der Waals surface area contributed by atoms with Crippen LogP contribution in [0, 0.1) is 0 Å². The molecule has 0 spiro atoms. The third-order valence-corrected chi connectivity index (χ3v) is 5.04. The van der Waals surface area contributed by atoms with E-state index in [0.29, 0.717) is 12.6 Å². The highest BCUT2D eigenvalue weighted by molar-refractivity contribution is 5.76. The van der Waals surface area contributed by atoms with E-state index in [1.807, 2.05) is 6.07 Å². The minimum absolute atomic E-state index is 0.156. The number of carbonyl (C=O) groups excluding carboxylic acids is 1. The van der Waals surface area contributed by atoms with Gasteiger partial charge in [-0.2, -0.15) is 0 Å². The summed E-state index contributed by atoms with van der Waals surface area (Å²) in [4.78, 5) is 18.4. The number of esters is 1. The number of nitrogens with zero attached hydrogens (tertiary/aromatic N) is 3. The molecule has 2 heterocycles. The first-order valence-corrected chi connectivity index (χ1v) is 9.12. The average Bonchev–Trinajstić information content (AvgIpc) is 3.02. The van der Waals surface area contributed by atoms with E-state index in [-0.39, 0.29) is 12.0 Å². The molecule has 1 atom stereocenters. The van der Waals surface area contributed by atoms with Gasteiger partial charge in [-0.15, -0.1) is 0 Å². The molecule has 6 heteroatoms. The number of rotatable bonds is 6. The zero-order chi connectivity index (χ0) is 17.8. The summed E-state index contributed by atoms with van der Waals surface area (Å²) < 4.78 is 7.04. The van der Waals surface area contributed by atoms with E-state index < -0.39 is 0 Å². The molecule has 136 valence electrons. The number of methoxy groups -OCH3 is 1. The smallest absolute Gasteiger partial charge is 0.319 e. The maximum Gasteiger partial charge on any atom is 0.319 e. The fourth-order valence-corrected chi connectivity index (χ4v) is 3.69. The molecule has 0 radical (unpaired) electrons. The molecule has 0 aliphatic carbocycles. The van der Waals surface area contributed by atoms with Crippen molar-refractivity contribution >= 4 is 17.0 Å². The SMILES string of the molecule is CCn1c(C(C)NC2CCN(CC(=O)OC)CC2)nc2ccccc21. The van der Waals surface area contributed by atoms with E-state index in [0.717, 1.165) is 43.8 Å². The number of imidazole rings is 1. The predicted molar refractivity (Wildman–Crippen MR) is 98.4 cm³/mol. The third-order valence-electron chi connectivity index (χ3n) is 5.04. The highest BCUT2D eigenvalue weighted by atomic mass is 16.5. The van der Waals surface area contributed by atoms with Crippen LogP contribution in [0.25, 0.3) is 11.0 Å². The maximum absolute atomic E-state index is 11.4. The predicted octanol–water partition coefficient (Wildman–Crippen LogP) is 2.34. The highest BCUT2D eigenvalue weighted by Gasteiger charge is 2.24. The van der Waals surface area contributed by atoms with Gasteiger partial charge >= 0.3 is 5.97 Å². The van der Waals surface area contributed by atoms with Crippen LogP contribution >= 0.6 is 0 Å². The Morgan fingerprint density at radius 3 is 2.76 bits per heavy atom. The zero-order valence-electron chi connectivity index (χ0n) is 15.4. The molecular formula is C19H28N4O2. The molecule has 6 nitrogen and oxygen atoms in total. The summed E-state index contributed by atoms with van der Waals surface area (Å²) in [6.07, 6.45) is 2.07. The lowest BCUT2D eigenvalue weighted by atomic mass is 10.0. The second-order valence-electron chi connectivity index (χ2n) is 6.72. The minimum Gasteiger partial charge on any atom is -0.468 e. The second-order valence-corrected chi connectivity index (χ2v) is 6.72. The number of carbonyl (C=O) groups is 1. The number of likely N-dealkylation sites (tertiary alicyclic amines) is 1. The van der Waals surface area contributed by atoms with Crippen molar-refractivity contribution in [2.45, 2.75) is 45.3 Å². The Morgan fingerprint density at radius 2 is 2.08 bits per heavy atom. The van der Waals surface area contributed by atoms with Gasteiger partial charge in [-0.1, -0.05) is 12.1 Å². The molecule has 0 saturated carbocycles. The number of fused-ring (bicyclic) bond motifs is 1. The molecule has 1 aliphatic rings. The molecule has 1 N–H and O–H groups in total. The number of para-hydroxylation sites is 2. The fourth-order valence-electron chi connectivity index (χ4n) is 3.69. The number of piperidine rings is 1. The lowest BCUT2D eigenvalue weighted by Crippen LogP contribution is -2.45. The van der Waals surface area contributed by atoms with Crippen molar-refractivity contribution in [1.82, 2.24) is 19.8 Å². The van der Waals surface area contributed by atoms with Crippen molar-refractivity contribution in [2.24, 2.45) is 0 Å². The Kier molecular flexibility index (Phi) is 5.71. The normalized spacial score (nSPS) is 17.7. The summed E-state index contributed by atoms with van der Waals surface area (Å²) in [6, 6.07) is 8.96. The van der Waals surface area contributed by atoms with Gasteiger partial charge in [0, 0.05) is 25.7 Å². The standard InChI is InChI=1S/C19H28N4O2/c1-4-23-17-8-6-5-7-16(17)21-19(23)14(2)20-15-9-11-22(12-10-15)13-18(24)25-3/h5-8,14-15,20H,4,9-13H2,1-3H3. The zero-order valence-corrected chi connectivity index (χ0v) is 15.4. The molecule has 0 amide bonds. The number of ether oxygens (including phenoxy) is 1. The first-order valence-electron chi connectivity index (χ1n) is 9.12. The van der Waals surface area contributed by atoms with Gasteiger partial charge < -0.3 is 14.6 Å². The molecule has 0 bridgehead atoms. The van der Waals surface area contributed by atoms with Gasteiger partial charge in [0.15, 0.2) is 0 Å². The van der Waals surface area contributed by atoms with E-state index in [2.05, 4.69) is 46.8 Å². The summed E-state index contributed by atoms with van der Waals surface area (Å²) in [7, 11) is 1.44. The molecule has 1 fully saturated rings.